The predicted molar refractivity (Wildman–Crippen MR) is 98.2 cm³/mol. The van der Waals surface area contributed by atoms with Crippen molar-refractivity contribution in [3.8, 4) is 16.9 Å². The summed E-state index contributed by atoms with van der Waals surface area (Å²) in [6, 6.07) is 28.3. The third-order valence-electron chi connectivity index (χ3n) is 4.35. The lowest BCUT2D eigenvalue weighted by atomic mass is 10.1. The van der Waals surface area contributed by atoms with E-state index in [4.69, 9.17) is 0 Å². The monoisotopic (exact) mass is 297 g/mol. The quantitative estimate of drug-likeness (QED) is 0.433. The van der Waals surface area contributed by atoms with Crippen LogP contribution in [0.25, 0.3) is 27.8 Å². The highest BCUT2D eigenvalue weighted by molar-refractivity contribution is 5.89. The van der Waals surface area contributed by atoms with Crippen molar-refractivity contribution in [3.63, 3.8) is 0 Å². The van der Waals surface area contributed by atoms with Crippen LogP contribution in [0.15, 0.2) is 78.9 Å². The van der Waals surface area contributed by atoms with E-state index in [0.717, 1.165) is 0 Å². The van der Waals surface area contributed by atoms with Gasteiger partial charge in [-0.2, -0.15) is 0 Å². The molecule has 0 aliphatic rings. The van der Waals surface area contributed by atoms with Gasteiger partial charge in [0.1, 0.15) is 0 Å². The molecule has 0 atom stereocenters. The molecule has 1 aromatic heterocycles. The summed E-state index contributed by atoms with van der Waals surface area (Å²) >= 11 is 0. The maximum absolute atomic E-state index is 2.35. The molecule has 23 heavy (non-hydrogen) atoms. The van der Waals surface area contributed by atoms with Gasteiger partial charge in [-0.05, 0) is 43.7 Å². The van der Waals surface area contributed by atoms with E-state index in [1.165, 1.54) is 39.0 Å². The third-order valence-corrected chi connectivity index (χ3v) is 4.35. The second-order valence-corrected chi connectivity index (χ2v) is 6.13. The van der Waals surface area contributed by atoms with Gasteiger partial charge in [-0.1, -0.05) is 65.7 Å². The minimum absolute atomic E-state index is 1.20. The highest BCUT2D eigenvalue weighted by Gasteiger charge is 2.11. The van der Waals surface area contributed by atoms with Gasteiger partial charge in [-0.3, -0.25) is 0 Å². The fraction of sp³-hybridized carbons (Fsp3) is 0.0909. The number of hydrogen-bond donors (Lipinski definition) is 0. The Morgan fingerprint density at radius 1 is 0.652 bits per heavy atom. The molecule has 1 heterocycles. The molecule has 0 aliphatic heterocycles. The molecule has 0 bridgehead atoms. The minimum Gasteiger partial charge on any atom is -0.309 e. The van der Waals surface area contributed by atoms with Crippen molar-refractivity contribution >= 4 is 10.9 Å². The Kier molecular flexibility index (Phi) is 3.27. The fourth-order valence-electron chi connectivity index (χ4n) is 3.06. The van der Waals surface area contributed by atoms with Crippen LogP contribution in [-0.4, -0.2) is 4.57 Å². The summed E-state index contributed by atoms with van der Waals surface area (Å²) in [6.07, 6.45) is 0. The van der Waals surface area contributed by atoms with Crippen LogP contribution in [0.5, 0.6) is 0 Å². The van der Waals surface area contributed by atoms with Crippen molar-refractivity contribution in [2.75, 3.05) is 0 Å². The van der Waals surface area contributed by atoms with E-state index < -0.39 is 0 Å². The molecule has 4 rings (SSSR count). The molecule has 3 aromatic carbocycles. The molecule has 0 fully saturated rings. The molecule has 1 heteroatoms. The number of aromatic nitrogens is 1. The number of nitrogens with zero attached hydrogens (tertiary/aromatic N) is 1. The average molecular weight is 297 g/mol. The lowest BCUT2D eigenvalue weighted by Gasteiger charge is -2.12. The number of benzene rings is 3. The van der Waals surface area contributed by atoms with Gasteiger partial charge in [-0.25, -0.2) is 0 Å². The first kappa shape index (κ1) is 13.8. The summed E-state index contributed by atoms with van der Waals surface area (Å²) in [5.41, 5.74) is 7.48. The Bertz CT molecular complexity index is 957. The Morgan fingerprint density at radius 3 is 1.96 bits per heavy atom. The zero-order chi connectivity index (χ0) is 15.8. The molecule has 1 nitrogen and oxygen atoms in total. The van der Waals surface area contributed by atoms with E-state index in [1.54, 1.807) is 0 Å². The average Bonchev–Trinajstić information content (AvgIpc) is 2.96. The SMILES string of the molecule is Cc1ccc(-c2cc3ccccc3n2-c2ccc(C)cc2)cc1. The maximum atomic E-state index is 2.35. The second-order valence-electron chi connectivity index (χ2n) is 6.13. The van der Waals surface area contributed by atoms with Crippen molar-refractivity contribution in [2.24, 2.45) is 0 Å². The number of fused-ring (bicyclic) bond motifs is 1. The van der Waals surface area contributed by atoms with Gasteiger partial charge >= 0.3 is 0 Å². The summed E-state index contributed by atoms with van der Waals surface area (Å²) in [5, 5.41) is 1.27. The summed E-state index contributed by atoms with van der Waals surface area (Å²) in [7, 11) is 0. The van der Waals surface area contributed by atoms with Crippen LogP contribution in [0.1, 0.15) is 11.1 Å². The highest BCUT2D eigenvalue weighted by Crippen LogP contribution is 2.31. The van der Waals surface area contributed by atoms with Gasteiger partial charge in [-0.15, -0.1) is 0 Å². The predicted octanol–water partition coefficient (Wildman–Crippen LogP) is 5.91. The molecule has 0 spiro atoms. The molecule has 0 saturated heterocycles. The first-order valence-corrected chi connectivity index (χ1v) is 7.97. The summed E-state index contributed by atoms with van der Waals surface area (Å²) < 4.78 is 2.35. The molecule has 112 valence electrons. The topological polar surface area (TPSA) is 4.93 Å². The van der Waals surface area contributed by atoms with Crippen LogP contribution in [0.3, 0.4) is 0 Å². The second kappa shape index (κ2) is 5.44. The van der Waals surface area contributed by atoms with Gasteiger partial charge in [0.2, 0.25) is 0 Å². The van der Waals surface area contributed by atoms with Crippen LogP contribution in [0, 0.1) is 13.8 Å². The van der Waals surface area contributed by atoms with Gasteiger partial charge < -0.3 is 4.57 Å². The van der Waals surface area contributed by atoms with Crippen molar-refractivity contribution in [3.05, 3.63) is 90.0 Å². The van der Waals surface area contributed by atoms with E-state index in [1.807, 2.05) is 0 Å². The molecule has 0 unspecified atom stereocenters. The lowest BCUT2D eigenvalue weighted by molar-refractivity contribution is 1.13. The van der Waals surface area contributed by atoms with Crippen molar-refractivity contribution in [1.29, 1.82) is 0 Å². The number of para-hydroxylation sites is 1. The number of hydrogen-bond acceptors (Lipinski definition) is 0. The van der Waals surface area contributed by atoms with E-state index in [9.17, 15) is 0 Å². The van der Waals surface area contributed by atoms with Gasteiger partial charge in [0.15, 0.2) is 0 Å². The van der Waals surface area contributed by atoms with Crippen molar-refractivity contribution < 1.29 is 0 Å². The van der Waals surface area contributed by atoms with Crippen LogP contribution in [0.4, 0.5) is 0 Å². The van der Waals surface area contributed by atoms with Gasteiger partial charge in [0.05, 0.1) is 11.2 Å². The molecule has 0 radical (unpaired) electrons. The third kappa shape index (κ3) is 2.44. The summed E-state index contributed by atoms with van der Waals surface area (Å²) in [5.74, 6) is 0. The number of rotatable bonds is 2. The van der Waals surface area contributed by atoms with E-state index >= 15 is 0 Å². The standard InChI is InChI=1S/C22H19N/c1-16-7-11-18(12-8-16)22-15-19-5-3-4-6-21(19)23(22)20-13-9-17(2)10-14-20/h3-15H,1-2H3. The summed E-state index contributed by atoms with van der Waals surface area (Å²) in [4.78, 5) is 0. The zero-order valence-corrected chi connectivity index (χ0v) is 13.5. The van der Waals surface area contributed by atoms with Crippen molar-refractivity contribution in [2.45, 2.75) is 13.8 Å². The molecule has 0 aliphatic carbocycles. The molecule has 0 saturated carbocycles. The van der Waals surface area contributed by atoms with Crippen LogP contribution >= 0.6 is 0 Å². The zero-order valence-electron chi connectivity index (χ0n) is 13.5. The molecule has 0 N–H and O–H groups in total. The Balaban J connectivity index is 2.01. The Labute approximate surface area is 136 Å². The normalized spacial score (nSPS) is 11.0. The maximum Gasteiger partial charge on any atom is 0.0540 e. The largest absolute Gasteiger partial charge is 0.309 e. The molecule has 4 aromatic rings. The minimum atomic E-state index is 1.20. The van der Waals surface area contributed by atoms with Crippen LogP contribution < -0.4 is 0 Å². The molecular formula is C22H19N. The van der Waals surface area contributed by atoms with Crippen molar-refractivity contribution in [1.82, 2.24) is 4.57 Å². The first-order chi connectivity index (χ1) is 11.2. The van der Waals surface area contributed by atoms with E-state index in [0.29, 0.717) is 0 Å². The number of aryl methyl sites for hydroxylation is 2. The Morgan fingerprint density at radius 2 is 1.26 bits per heavy atom. The van der Waals surface area contributed by atoms with E-state index in [-0.39, 0.29) is 0 Å². The van der Waals surface area contributed by atoms with Crippen LogP contribution in [0.2, 0.25) is 0 Å². The van der Waals surface area contributed by atoms with Gasteiger partial charge in [0.25, 0.3) is 0 Å². The molecular weight excluding hydrogens is 278 g/mol. The molecule has 0 amide bonds. The fourth-order valence-corrected chi connectivity index (χ4v) is 3.06. The Hall–Kier alpha value is -2.80. The van der Waals surface area contributed by atoms with Gasteiger partial charge in [0, 0.05) is 11.1 Å². The van der Waals surface area contributed by atoms with Crippen LogP contribution in [-0.2, 0) is 0 Å². The smallest absolute Gasteiger partial charge is 0.0540 e. The highest BCUT2D eigenvalue weighted by atomic mass is 15.0. The van der Waals surface area contributed by atoms with E-state index in [2.05, 4.69) is 97.3 Å². The first-order valence-electron chi connectivity index (χ1n) is 7.97. The lowest BCUT2D eigenvalue weighted by Crippen LogP contribution is -1.96. The summed E-state index contributed by atoms with van der Waals surface area (Å²) in [6.45, 7) is 4.25.